The third kappa shape index (κ3) is 3.76. The van der Waals surface area contributed by atoms with Gasteiger partial charge in [0.25, 0.3) is 0 Å². The van der Waals surface area contributed by atoms with E-state index in [1.807, 2.05) is 0 Å². The lowest BCUT2D eigenvalue weighted by molar-refractivity contribution is 0.152. The summed E-state index contributed by atoms with van der Waals surface area (Å²) in [6.07, 6.45) is 2.81. The maximum absolute atomic E-state index is 3.77. The summed E-state index contributed by atoms with van der Waals surface area (Å²) in [7, 11) is 0. The summed E-state index contributed by atoms with van der Waals surface area (Å²) in [5.41, 5.74) is 0. The van der Waals surface area contributed by atoms with Gasteiger partial charge in [0.1, 0.15) is 0 Å². The second kappa shape index (κ2) is 6.05. The van der Waals surface area contributed by atoms with Gasteiger partial charge < -0.3 is 5.32 Å². The average molecular weight is 225 g/mol. The molecule has 16 heavy (non-hydrogen) atoms. The van der Waals surface area contributed by atoms with Crippen LogP contribution in [0.3, 0.4) is 0 Å². The SMILES string of the molecule is CC(C)C1CC(NCC(C(C)C)C(C)C)C1. The van der Waals surface area contributed by atoms with Crippen molar-refractivity contribution in [1.29, 1.82) is 0 Å². The molecular weight excluding hydrogens is 194 g/mol. The molecule has 1 fully saturated rings. The molecule has 0 aromatic heterocycles. The van der Waals surface area contributed by atoms with E-state index in [4.69, 9.17) is 0 Å². The molecule has 0 radical (unpaired) electrons. The van der Waals surface area contributed by atoms with Crippen LogP contribution in [0.25, 0.3) is 0 Å². The van der Waals surface area contributed by atoms with Crippen molar-refractivity contribution in [2.75, 3.05) is 6.54 Å². The molecule has 0 aliphatic heterocycles. The summed E-state index contributed by atoms with van der Waals surface area (Å²) < 4.78 is 0. The average Bonchev–Trinajstić information content (AvgIpc) is 2.06. The molecule has 0 spiro atoms. The van der Waals surface area contributed by atoms with E-state index in [0.717, 1.165) is 35.6 Å². The molecule has 0 aromatic rings. The molecule has 1 N–H and O–H groups in total. The second-order valence-electron chi connectivity index (χ2n) is 6.73. The monoisotopic (exact) mass is 225 g/mol. The van der Waals surface area contributed by atoms with Crippen LogP contribution < -0.4 is 5.32 Å². The molecule has 96 valence electrons. The molecular formula is C15H31N. The molecule has 0 heterocycles. The molecule has 1 heteroatoms. The fourth-order valence-electron chi connectivity index (χ4n) is 2.92. The van der Waals surface area contributed by atoms with Crippen molar-refractivity contribution in [1.82, 2.24) is 5.32 Å². The van der Waals surface area contributed by atoms with Crippen LogP contribution in [0.2, 0.25) is 0 Å². The molecule has 0 atom stereocenters. The second-order valence-corrected chi connectivity index (χ2v) is 6.73. The maximum Gasteiger partial charge on any atom is 0.00726 e. The van der Waals surface area contributed by atoms with E-state index < -0.39 is 0 Å². The van der Waals surface area contributed by atoms with Crippen molar-refractivity contribution < 1.29 is 0 Å². The fourth-order valence-corrected chi connectivity index (χ4v) is 2.92. The van der Waals surface area contributed by atoms with Crippen LogP contribution in [-0.2, 0) is 0 Å². The highest BCUT2D eigenvalue weighted by Crippen LogP contribution is 2.33. The minimum absolute atomic E-state index is 0.800. The van der Waals surface area contributed by atoms with Gasteiger partial charge >= 0.3 is 0 Å². The minimum atomic E-state index is 0.800. The number of hydrogen-bond acceptors (Lipinski definition) is 1. The summed E-state index contributed by atoms with van der Waals surface area (Å²) in [5, 5.41) is 3.77. The highest BCUT2D eigenvalue weighted by Gasteiger charge is 2.31. The highest BCUT2D eigenvalue weighted by molar-refractivity contribution is 4.87. The van der Waals surface area contributed by atoms with Crippen LogP contribution in [0.4, 0.5) is 0 Å². The maximum atomic E-state index is 3.77. The van der Waals surface area contributed by atoms with E-state index in [1.165, 1.54) is 19.4 Å². The Balaban J connectivity index is 2.20. The Hall–Kier alpha value is -0.0400. The molecule has 0 amide bonds. The predicted octanol–water partition coefficient (Wildman–Crippen LogP) is 3.94. The van der Waals surface area contributed by atoms with Crippen molar-refractivity contribution in [2.45, 2.75) is 60.4 Å². The number of nitrogens with one attached hydrogen (secondary N) is 1. The zero-order valence-electron chi connectivity index (χ0n) is 12.1. The Kier molecular flexibility index (Phi) is 5.30. The van der Waals surface area contributed by atoms with Crippen molar-refractivity contribution in [3.05, 3.63) is 0 Å². The predicted molar refractivity (Wildman–Crippen MR) is 72.5 cm³/mol. The molecule has 0 bridgehead atoms. The molecule has 1 nitrogen and oxygen atoms in total. The first-order chi connectivity index (χ1) is 7.41. The van der Waals surface area contributed by atoms with Crippen LogP contribution in [0, 0.1) is 29.6 Å². The Morgan fingerprint density at radius 3 is 1.81 bits per heavy atom. The van der Waals surface area contributed by atoms with Gasteiger partial charge in [0.15, 0.2) is 0 Å². The van der Waals surface area contributed by atoms with E-state index in [9.17, 15) is 0 Å². The lowest BCUT2D eigenvalue weighted by Crippen LogP contribution is -2.45. The zero-order valence-corrected chi connectivity index (χ0v) is 12.1. The van der Waals surface area contributed by atoms with Crippen LogP contribution >= 0.6 is 0 Å². The largest absolute Gasteiger partial charge is 0.314 e. The first-order valence-electron chi connectivity index (χ1n) is 7.15. The van der Waals surface area contributed by atoms with E-state index in [0.29, 0.717) is 0 Å². The lowest BCUT2D eigenvalue weighted by atomic mass is 9.73. The Bertz CT molecular complexity index is 182. The van der Waals surface area contributed by atoms with Crippen molar-refractivity contribution in [2.24, 2.45) is 29.6 Å². The summed E-state index contributed by atoms with van der Waals surface area (Å²) in [6, 6.07) is 0.812. The zero-order chi connectivity index (χ0) is 12.3. The van der Waals surface area contributed by atoms with E-state index in [-0.39, 0.29) is 0 Å². The van der Waals surface area contributed by atoms with Gasteiger partial charge in [-0.1, -0.05) is 41.5 Å². The first-order valence-corrected chi connectivity index (χ1v) is 7.15. The molecule has 0 aromatic carbocycles. The molecule has 0 saturated heterocycles. The van der Waals surface area contributed by atoms with Gasteiger partial charge in [-0.25, -0.2) is 0 Å². The quantitative estimate of drug-likeness (QED) is 0.722. The normalized spacial score (nSPS) is 25.9. The van der Waals surface area contributed by atoms with Gasteiger partial charge in [0.05, 0.1) is 0 Å². The molecule has 1 aliphatic rings. The fraction of sp³-hybridized carbons (Fsp3) is 1.00. The number of rotatable bonds is 6. The summed E-state index contributed by atoms with van der Waals surface area (Å²) in [6.45, 7) is 15.3. The van der Waals surface area contributed by atoms with Crippen molar-refractivity contribution in [3.63, 3.8) is 0 Å². The van der Waals surface area contributed by atoms with Crippen LogP contribution in [0.1, 0.15) is 54.4 Å². The van der Waals surface area contributed by atoms with E-state index in [1.54, 1.807) is 0 Å². The van der Waals surface area contributed by atoms with Gasteiger partial charge in [-0.05, 0) is 49.0 Å². The summed E-state index contributed by atoms with van der Waals surface area (Å²) in [4.78, 5) is 0. The Labute approximate surface area is 102 Å². The Morgan fingerprint density at radius 1 is 0.938 bits per heavy atom. The number of hydrogen-bond donors (Lipinski definition) is 1. The van der Waals surface area contributed by atoms with E-state index in [2.05, 4.69) is 46.9 Å². The van der Waals surface area contributed by atoms with Crippen LogP contribution in [0.5, 0.6) is 0 Å². The minimum Gasteiger partial charge on any atom is -0.314 e. The molecule has 1 rings (SSSR count). The van der Waals surface area contributed by atoms with Crippen LogP contribution in [-0.4, -0.2) is 12.6 Å². The molecule has 0 unspecified atom stereocenters. The lowest BCUT2D eigenvalue weighted by Gasteiger charge is -2.40. The van der Waals surface area contributed by atoms with Crippen molar-refractivity contribution in [3.8, 4) is 0 Å². The summed E-state index contributed by atoms with van der Waals surface area (Å²) in [5.74, 6) is 4.29. The smallest absolute Gasteiger partial charge is 0.00726 e. The van der Waals surface area contributed by atoms with E-state index >= 15 is 0 Å². The topological polar surface area (TPSA) is 12.0 Å². The first kappa shape index (κ1) is 14.0. The van der Waals surface area contributed by atoms with Gasteiger partial charge in [-0.2, -0.15) is 0 Å². The van der Waals surface area contributed by atoms with Gasteiger partial charge in [-0.3, -0.25) is 0 Å². The van der Waals surface area contributed by atoms with Crippen molar-refractivity contribution >= 4 is 0 Å². The third-order valence-electron chi connectivity index (χ3n) is 4.47. The van der Waals surface area contributed by atoms with Crippen LogP contribution in [0.15, 0.2) is 0 Å². The van der Waals surface area contributed by atoms with Gasteiger partial charge in [0.2, 0.25) is 0 Å². The van der Waals surface area contributed by atoms with Gasteiger partial charge in [0, 0.05) is 6.04 Å². The van der Waals surface area contributed by atoms with Gasteiger partial charge in [-0.15, -0.1) is 0 Å². The summed E-state index contributed by atoms with van der Waals surface area (Å²) >= 11 is 0. The molecule has 1 aliphatic carbocycles. The standard InChI is InChI=1S/C15H31N/c1-10(2)13-7-14(8-13)16-9-15(11(3)4)12(5)6/h10-16H,7-9H2,1-6H3. The molecule has 1 saturated carbocycles. The highest BCUT2D eigenvalue weighted by atomic mass is 14.9. The third-order valence-corrected chi connectivity index (χ3v) is 4.47. The Morgan fingerprint density at radius 2 is 1.44 bits per heavy atom.